The van der Waals surface area contributed by atoms with Crippen LogP contribution in [0, 0.1) is 0 Å². The van der Waals surface area contributed by atoms with Crippen molar-refractivity contribution in [2.24, 2.45) is 0 Å². The van der Waals surface area contributed by atoms with E-state index >= 15 is 0 Å². The minimum atomic E-state index is -0.321. The molecule has 0 unspecified atom stereocenters. The average Bonchev–Trinajstić information content (AvgIpc) is 3.63. The van der Waals surface area contributed by atoms with Gasteiger partial charge in [0.15, 0.2) is 0 Å². The Morgan fingerprint density at radius 2 is 1.76 bits per heavy atom. The Morgan fingerprint density at radius 1 is 1.00 bits per heavy atom. The summed E-state index contributed by atoms with van der Waals surface area (Å²) >= 11 is 0. The van der Waals surface area contributed by atoms with Gasteiger partial charge in [-0.15, -0.1) is 0 Å². The lowest BCUT2D eigenvalue weighted by Crippen LogP contribution is -2.30. The zero-order chi connectivity index (χ0) is 23.5. The molecule has 1 fully saturated rings. The van der Waals surface area contributed by atoms with Crippen LogP contribution in [-0.2, 0) is 6.54 Å². The summed E-state index contributed by atoms with van der Waals surface area (Å²) in [4.78, 5) is 29.4. The second kappa shape index (κ2) is 9.19. The average molecular weight is 454 g/mol. The third kappa shape index (κ3) is 4.66. The summed E-state index contributed by atoms with van der Waals surface area (Å²) in [5.74, 6) is -0.0115. The first-order valence-corrected chi connectivity index (χ1v) is 11.1. The number of carbonyl (C=O) groups excluding carboxylic acids is 2. The number of nitrogens with one attached hydrogen (secondary N) is 2. The van der Waals surface area contributed by atoms with Crippen LogP contribution in [0.15, 0.2) is 79.1 Å². The van der Waals surface area contributed by atoms with Crippen LogP contribution in [0.2, 0.25) is 0 Å². The molecule has 2 aromatic heterocycles. The summed E-state index contributed by atoms with van der Waals surface area (Å²) in [6.07, 6.45) is 5.08. The lowest BCUT2D eigenvalue weighted by atomic mass is 10.1. The molecule has 0 atom stereocenters. The van der Waals surface area contributed by atoms with E-state index in [1.807, 2.05) is 36.4 Å². The van der Waals surface area contributed by atoms with E-state index in [1.165, 1.54) is 10.7 Å². The van der Waals surface area contributed by atoms with Crippen molar-refractivity contribution >= 4 is 17.6 Å². The number of aromatic hydroxyl groups is 1. The molecule has 0 spiro atoms. The molecule has 2 amide bonds. The highest BCUT2D eigenvalue weighted by molar-refractivity contribution is 6.04. The minimum absolute atomic E-state index is 0.0126. The fourth-order valence-corrected chi connectivity index (χ4v) is 3.73. The van der Waals surface area contributed by atoms with Crippen molar-refractivity contribution in [2.75, 3.05) is 5.32 Å². The van der Waals surface area contributed by atoms with Gasteiger partial charge >= 0.3 is 6.03 Å². The fourth-order valence-electron chi connectivity index (χ4n) is 3.73. The summed E-state index contributed by atoms with van der Waals surface area (Å²) in [6, 6.07) is 19.2. The van der Waals surface area contributed by atoms with Gasteiger partial charge in [0.1, 0.15) is 5.75 Å². The van der Waals surface area contributed by atoms with Gasteiger partial charge < -0.3 is 15.7 Å². The van der Waals surface area contributed by atoms with Crippen molar-refractivity contribution in [1.29, 1.82) is 0 Å². The Bertz CT molecular complexity index is 1330. The number of aromatic nitrogens is 3. The van der Waals surface area contributed by atoms with Crippen molar-refractivity contribution in [3.8, 4) is 17.0 Å². The van der Waals surface area contributed by atoms with Crippen LogP contribution < -0.4 is 10.6 Å². The van der Waals surface area contributed by atoms with Crippen LogP contribution in [0.3, 0.4) is 0 Å². The van der Waals surface area contributed by atoms with Gasteiger partial charge in [0.25, 0.3) is 5.91 Å². The van der Waals surface area contributed by atoms with Gasteiger partial charge in [-0.05, 0) is 54.8 Å². The molecule has 3 N–H and O–H groups in total. The molecule has 2 aromatic carbocycles. The van der Waals surface area contributed by atoms with Crippen LogP contribution in [-0.4, -0.2) is 31.8 Å². The highest BCUT2D eigenvalue weighted by Gasteiger charge is 2.30. The van der Waals surface area contributed by atoms with Crippen molar-refractivity contribution in [1.82, 2.24) is 20.1 Å². The number of carbonyl (C=O) groups is 2. The van der Waals surface area contributed by atoms with E-state index in [1.54, 1.807) is 36.7 Å². The van der Waals surface area contributed by atoms with Gasteiger partial charge in [-0.25, -0.2) is 4.79 Å². The molecule has 5 rings (SSSR count). The Morgan fingerprint density at radius 3 is 2.50 bits per heavy atom. The summed E-state index contributed by atoms with van der Waals surface area (Å²) in [5.41, 5.74) is 3.68. The molecule has 34 heavy (non-hydrogen) atoms. The second-order valence-electron chi connectivity index (χ2n) is 8.21. The lowest BCUT2D eigenvalue weighted by Gasteiger charge is -2.09. The maximum atomic E-state index is 12.9. The number of phenolic OH excluding ortho intramolecular Hbond substituents is 1. The minimum Gasteiger partial charge on any atom is -0.507 e. The smallest absolute Gasteiger partial charge is 0.342 e. The predicted molar refractivity (Wildman–Crippen MR) is 128 cm³/mol. The number of rotatable bonds is 6. The monoisotopic (exact) mass is 453 g/mol. The predicted octanol–water partition coefficient (Wildman–Crippen LogP) is 4.54. The summed E-state index contributed by atoms with van der Waals surface area (Å²) in [7, 11) is 0. The summed E-state index contributed by atoms with van der Waals surface area (Å²) in [5, 5.41) is 20.8. The summed E-state index contributed by atoms with van der Waals surface area (Å²) in [6.45, 7) is 0.390. The van der Waals surface area contributed by atoms with Gasteiger partial charge in [-0.1, -0.05) is 30.3 Å². The zero-order valence-corrected chi connectivity index (χ0v) is 18.3. The van der Waals surface area contributed by atoms with Gasteiger partial charge in [0.05, 0.1) is 11.4 Å². The molecule has 0 aliphatic heterocycles. The van der Waals surface area contributed by atoms with Gasteiger partial charge in [-0.2, -0.15) is 9.78 Å². The number of phenols is 1. The van der Waals surface area contributed by atoms with Gasteiger partial charge in [-0.3, -0.25) is 9.78 Å². The third-order valence-electron chi connectivity index (χ3n) is 5.68. The van der Waals surface area contributed by atoms with E-state index in [0.29, 0.717) is 29.1 Å². The molecule has 1 saturated carbocycles. The fraction of sp³-hybridized carbons (Fsp3) is 0.154. The van der Waals surface area contributed by atoms with Crippen LogP contribution in [0.4, 0.5) is 10.5 Å². The molecule has 2 heterocycles. The molecule has 0 saturated heterocycles. The Balaban J connectivity index is 1.39. The van der Waals surface area contributed by atoms with E-state index in [9.17, 15) is 14.7 Å². The van der Waals surface area contributed by atoms with Crippen molar-refractivity contribution in [3.05, 3.63) is 95.9 Å². The lowest BCUT2D eigenvalue weighted by molar-refractivity contribution is 0.102. The standard InChI is InChI=1S/C26H23N5O3/c32-24-9-8-20(29-25(33)19-10-12-27-13-11-19)14-21(24)22-15-23(18-6-7-18)31(30-22)26(34)28-16-17-4-2-1-3-5-17/h1-5,8-15,18,32H,6-7,16H2,(H,28,34)(H,29,33). The van der Waals surface area contributed by atoms with Crippen LogP contribution in [0.25, 0.3) is 11.3 Å². The number of pyridine rings is 1. The molecule has 8 heteroatoms. The van der Waals surface area contributed by atoms with Gasteiger partial charge in [0.2, 0.25) is 0 Å². The topological polar surface area (TPSA) is 109 Å². The van der Waals surface area contributed by atoms with Crippen LogP contribution in [0.5, 0.6) is 5.75 Å². The Hall–Kier alpha value is -4.46. The van der Waals surface area contributed by atoms with E-state index in [-0.39, 0.29) is 23.6 Å². The number of anilines is 1. The highest BCUT2D eigenvalue weighted by atomic mass is 16.3. The van der Waals surface area contributed by atoms with E-state index < -0.39 is 0 Å². The van der Waals surface area contributed by atoms with Crippen molar-refractivity contribution in [2.45, 2.75) is 25.3 Å². The summed E-state index contributed by atoms with van der Waals surface area (Å²) < 4.78 is 1.39. The first-order chi connectivity index (χ1) is 16.6. The van der Waals surface area contributed by atoms with Crippen molar-refractivity contribution < 1.29 is 14.7 Å². The molecule has 4 aromatic rings. The zero-order valence-electron chi connectivity index (χ0n) is 18.3. The van der Waals surface area contributed by atoms with E-state index in [4.69, 9.17) is 0 Å². The number of nitrogens with zero attached hydrogens (tertiary/aromatic N) is 3. The van der Waals surface area contributed by atoms with Crippen LogP contribution in [0.1, 0.15) is 40.4 Å². The largest absolute Gasteiger partial charge is 0.507 e. The Kier molecular flexibility index (Phi) is 5.78. The molecule has 1 aliphatic rings. The maximum absolute atomic E-state index is 12.9. The first-order valence-electron chi connectivity index (χ1n) is 11.1. The van der Waals surface area contributed by atoms with Crippen molar-refractivity contribution in [3.63, 3.8) is 0 Å². The highest BCUT2D eigenvalue weighted by Crippen LogP contribution is 2.42. The molecule has 170 valence electrons. The second-order valence-corrected chi connectivity index (χ2v) is 8.21. The Labute approximate surface area is 196 Å². The normalized spacial score (nSPS) is 12.8. The van der Waals surface area contributed by atoms with Gasteiger partial charge in [0, 0.05) is 41.7 Å². The number of benzene rings is 2. The van der Waals surface area contributed by atoms with Crippen LogP contribution >= 0.6 is 0 Å². The molecule has 0 bridgehead atoms. The molecule has 1 aliphatic carbocycles. The number of hydrogen-bond acceptors (Lipinski definition) is 5. The molecular formula is C26H23N5O3. The number of amides is 2. The van der Waals surface area contributed by atoms with E-state index in [0.717, 1.165) is 24.1 Å². The SMILES string of the molecule is O=C(Nc1ccc(O)c(-c2cc(C3CC3)n(C(=O)NCc3ccccc3)n2)c1)c1ccncc1. The number of hydrogen-bond donors (Lipinski definition) is 3. The molecule has 0 radical (unpaired) electrons. The maximum Gasteiger partial charge on any atom is 0.342 e. The quantitative estimate of drug-likeness (QED) is 0.372. The first kappa shape index (κ1) is 21.4. The van der Waals surface area contributed by atoms with E-state index in [2.05, 4.69) is 20.7 Å². The molecule has 8 nitrogen and oxygen atoms in total. The third-order valence-corrected chi connectivity index (χ3v) is 5.68. The molecular weight excluding hydrogens is 430 g/mol.